The van der Waals surface area contributed by atoms with Crippen LogP contribution in [0.2, 0.25) is 0 Å². The van der Waals surface area contributed by atoms with Crippen molar-refractivity contribution < 1.29 is 19.3 Å². The Hall–Kier alpha value is -0.160. The van der Waals surface area contributed by atoms with Crippen LogP contribution in [-0.4, -0.2) is 36.5 Å². The lowest BCUT2D eigenvalue weighted by molar-refractivity contribution is -0.211. The molecule has 2 fully saturated rings. The van der Waals surface area contributed by atoms with Gasteiger partial charge in [-0.15, -0.1) is 0 Å². The molecule has 0 aromatic heterocycles. The van der Waals surface area contributed by atoms with Crippen molar-refractivity contribution in [1.82, 2.24) is 0 Å². The first kappa shape index (κ1) is 7.49. The molecule has 0 bridgehead atoms. The molecular formula is C7H12O4. The highest BCUT2D eigenvalue weighted by Gasteiger charge is 2.59. The van der Waals surface area contributed by atoms with E-state index in [9.17, 15) is 0 Å². The number of hydrogen-bond acceptors (Lipinski definition) is 4. The smallest absolute Gasteiger partial charge is 0.192 e. The minimum absolute atomic E-state index is 0.00114. The summed E-state index contributed by atoms with van der Waals surface area (Å²) in [5.74, 6) is 0. The molecule has 4 heteroatoms. The molecule has 0 aliphatic carbocycles. The second-order valence-electron chi connectivity index (χ2n) is 2.87. The Morgan fingerprint density at radius 2 is 2.36 bits per heavy atom. The first-order valence-corrected chi connectivity index (χ1v) is 3.92. The van der Waals surface area contributed by atoms with E-state index in [0.717, 1.165) is 0 Å². The Bertz CT molecular complexity index is 149. The van der Waals surface area contributed by atoms with Crippen LogP contribution in [0.15, 0.2) is 0 Å². The summed E-state index contributed by atoms with van der Waals surface area (Å²) in [4.78, 5) is 0. The Morgan fingerprint density at radius 1 is 1.55 bits per heavy atom. The van der Waals surface area contributed by atoms with Crippen molar-refractivity contribution in [2.75, 3.05) is 6.61 Å². The second-order valence-corrected chi connectivity index (χ2v) is 2.87. The summed E-state index contributed by atoms with van der Waals surface area (Å²) in [6.45, 7) is 2.25. The standard InChI is InChI=1S/C7H12O4/c1-2-4(8)3-9-6-5-7(10-5)11-6/h4-8H,2-3H2,1H3. The number of fused-ring (bicyclic) bond motifs is 1. The number of ether oxygens (including phenoxy) is 3. The minimum atomic E-state index is -0.378. The van der Waals surface area contributed by atoms with Crippen LogP contribution < -0.4 is 0 Å². The molecule has 11 heavy (non-hydrogen) atoms. The SMILES string of the molecule is CCC(O)COC1OC2OC12. The maximum Gasteiger partial charge on any atom is 0.192 e. The lowest BCUT2D eigenvalue weighted by Crippen LogP contribution is -2.37. The maximum absolute atomic E-state index is 9.10. The van der Waals surface area contributed by atoms with Crippen molar-refractivity contribution in [2.45, 2.75) is 38.1 Å². The third kappa shape index (κ3) is 1.39. The number of epoxide rings is 1. The molecule has 2 heterocycles. The van der Waals surface area contributed by atoms with Gasteiger partial charge in [-0.3, -0.25) is 0 Å². The maximum atomic E-state index is 9.10. The summed E-state index contributed by atoms with van der Waals surface area (Å²) in [7, 11) is 0. The molecule has 4 nitrogen and oxygen atoms in total. The zero-order valence-corrected chi connectivity index (χ0v) is 6.40. The van der Waals surface area contributed by atoms with Crippen LogP contribution in [0, 0.1) is 0 Å². The minimum Gasteiger partial charge on any atom is -0.391 e. The highest BCUT2D eigenvalue weighted by molar-refractivity contribution is 4.90. The zero-order valence-electron chi connectivity index (χ0n) is 6.40. The van der Waals surface area contributed by atoms with E-state index in [1.165, 1.54) is 0 Å². The van der Waals surface area contributed by atoms with E-state index in [2.05, 4.69) is 0 Å². The van der Waals surface area contributed by atoms with Crippen molar-refractivity contribution in [3.63, 3.8) is 0 Å². The van der Waals surface area contributed by atoms with E-state index in [-0.39, 0.29) is 24.8 Å². The second kappa shape index (κ2) is 2.71. The molecular weight excluding hydrogens is 148 g/mol. The van der Waals surface area contributed by atoms with Gasteiger partial charge in [0.05, 0.1) is 12.7 Å². The van der Waals surface area contributed by atoms with Crippen molar-refractivity contribution >= 4 is 0 Å². The molecule has 0 spiro atoms. The fourth-order valence-corrected chi connectivity index (χ4v) is 0.989. The Labute approximate surface area is 65.1 Å². The Balaban J connectivity index is 1.59. The zero-order chi connectivity index (χ0) is 7.84. The molecule has 0 saturated carbocycles. The summed E-state index contributed by atoms with van der Waals surface area (Å²) < 4.78 is 15.2. The summed E-state index contributed by atoms with van der Waals surface area (Å²) in [6.07, 6.45) is 0.261. The van der Waals surface area contributed by atoms with Crippen molar-refractivity contribution in [3.05, 3.63) is 0 Å². The molecule has 4 atom stereocenters. The van der Waals surface area contributed by atoms with Crippen LogP contribution in [0.4, 0.5) is 0 Å². The molecule has 2 saturated heterocycles. The lowest BCUT2D eigenvalue weighted by atomic mass is 10.3. The van der Waals surface area contributed by atoms with Gasteiger partial charge in [-0.05, 0) is 6.42 Å². The summed E-state index contributed by atoms with van der Waals surface area (Å²) in [6, 6.07) is 0. The molecule has 1 N–H and O–H groups in total. The van der Waals surface area contributed by atoms with Gasteiger partial charge in [-0.2, -0.15) is 0 Å². The van der Waals surface area contributed by atoms with E-state index in [4.69, 9.17) is 19.3 Å². The first-order valence-electron chi connectivity index (χ1n) is 3.92. The highest BCUT2D eigenvalue weighted by Crippen LogP contribution is 2.40. The molecule has 2 aliphatic heterocycles. The van der Waals surface area contributed by atoms with Gasteiger partial charge in [0.25, 0.3) is 0 Å². The molecule has 2 aliphatic rings. The van der Waals surface area contributed by atoms with Crippen molar-refractivity contribution in [1.29, 1.82) is 0 Å². The van der Waals surface area contributed by atoms with Crippen molar-refractivity contribution in [3.8, 4) is 0 Å². The van der Waals surface area contributed by atoms with Crippen LogP contribution in [0.25, 0.3) is 0 Å². The molecule has 2 rings (SSSR count). The molecule has 0 amide bonds. The lowest BCUT2D eigenvalue weighted by Gasteiger charge is -2.22. The largest absolute Gasteiger partial charge is 0.391 e. The summed E-state index contributed by atoms with van der Waals surface area (Å²) in [5, 5.41) is 9.10. The number of aliphatic hydroxyl groups is 1. The van der Waals surface area contributed by atoms with Gasteiger partial charge in [-0.1, -0.05) is 6.92 Å². The number of rotatable bonds is 4. The van der Waals surface area contributed by atoms with Gasteiger partial charge >= 0.3 is 0 Å². The average molecular weight is 160 g/mol. The van der Waals surface area contributed by atoms with E-state index in [0.29, 0.717) is 13.0 Å². The predicted octanol–water partition coefficient (Wildman–Crippen LogP) is -0.145. The van der Waals surface area contributed by atoms with E-state index < -0.39 is 0 Å². The van der Waals surface area contributed by atoms with Gasteiger partial charge in [-0.25, -0.2) is 0 Å². The molecule has 0 aromatic rings. The fraction of sp³-hybridized carbons (Fsp3) is 1.00. The van der Waals surface area contributed by atoms with Gasteiger partial charge < -0.3 is 19.3 Å². The third-order valence-electron chi connectivity index (χ3n) is 1.94. The quantitative estimate of drug-likeness (QED) is 0.581. The van der Waals surface area contributed by atoms with Gasteiger partial charge in [0.2, 0.25) is 0 Å². The van der Waals surface area contributed by atoms with E-state index in [1.54, 1.807) is 0 Å². The van der Waals surface area contributed by atoms with E-state index >= 15 is 0 Å². The van der Waals surface area contributed by atoms with Gasteiger partial charge in [0.1, 0.15) is 0 Å². The number of aliphatic hydroxyl groups excluding tert-OH is 1. The average Bonchev–Trinajstić information content (AvgIpc) is 2.62. The topological polar surface area (TPSA) is 51.2 Å². The highest BCUT2D eigenvalue weighted by atomic mass is 16.9. The Kier molecular flexibility index (Phi) is 1.85. The van der Waals surface area contributed by atoms with E-state index in [1.807, 2.05) is 6.92 Å². The molecule has 0 radical (unpaired) electrons. The summed E-state index contributed by atoms with van der Waals surface area (Å²) in [5.41, 5.74) is 0. The van der Waals surface area contributed by atoms with Crippen LogP contribution >= 0.6 is 0 Å². The number of hydrogen-bond donors (Lipinski definition) is 1. The van der Waals surface area contributed by atoms with Gasteiger partial charge in [0, 0.05) is 0 Å². The monoisotopic (exact) mass is 160 g/mol. The third-order valence-corrected chi connectivity index (χ3v) is 1.94. The predicted molar refractivity (Wildman–Crippen MR) is 35.8 cm³/mol. The molecule has 0 aromatic carbocycles. The molecule has 4 unspecified atom stereocenters. The Morgan fingerprint density at radius 3 is 2.82 bits per heavy atom. The van der Waals surface area contributed by atoms with Gasteiger partial charge in [0.15, 0.2) is 18.7 Å². The summed E-state index contributed by atoms with van der Waals surface area (Å²) >= 11 is 0. The van der Waals surface area contributed by atoms with Crippen molar-refractivity contribution in [2.24, 2.45) is 0 Å². The fourth-order valence-electron chi connectivity index (χ4n) is 0.989. The first-order chi connectivity index (χ1) is 5.31. The van der Waals surface area contributed by atoms with Crippen LogP contribution in [0.5, 0.6) is 0 Å². The normalized spacial score (nSPS) is 42.5. The molecule has 64 valence electrons. The van der Waals surface area contributed by atoms with Crippen LogP contribution in [-0.2, 0) is 14.2 Å². The van der Waals surface area contributed by atoms with Crippen LogP contribution in [0.1, 0.15) is 13.3 Å². The van der Waals surface area contributed by atoms with Crippen LogP contribution in [0.3, 0.4) is 0 Å².